The number of unbranched alkanes of at least 4 members (excludes halogenated alkanes) is 1. The summed E-state index contributed by atoms with van der Waals surface area (Å²) in [5.41, 5.74) is 0.578. The summed E-state index contributed by atoms with van der Waals surface area (Å²) in [6, 6.07) is 12.4. The van der Waals surface area contributed by atoms with Gasteiger partial charge in [-0.2, -0.15) is 4.98 Å². The Balaban J connectivity index is 1.54. The van der Waals surface area contributed by atoms with Crippen molar-refractivity contribution in [2.45, 2.75) is 32.9 Å². The van der Waals surface area contributed by atoms with Crippen molar-refractivity contribution < 1.29 is 14.0 Å². The van der Waals surface area contributed by atoms with Gasteiger partial charge in [-0.15, -0.1) is 0 Å². The van der Waals surface area contributed by atoms with Crippen LogP contribution in [-0.2, 0) is 13.1 Å². The molecule has 0 amide bonds. The first kappa shape index (κ1) is 19.1. The van der Waals surface area contributed by atoms with E-state index in [0.717, 1.165) is 12.8 Å². The van der Waals surface area contributed by atoms with E-state index in [1.165, 1.54) is 9.13 Å². The quantitative estimate of drug-likeness (QED) is 0.473. The molecule has 0 bridgehead atoms. The average Bonchev–Trinajstić information content (AvgIpc) is 3.45. The van der Waals surface area contributed by atoms with Crippen LogP contribution in [0.3, 0.4) is 0 Å². The lowest BCUT2D eigenvalue weighted by Gasteiger charge is -2.12. The van der Waals surface area contributed by atoms with E-state index in [0.29, 0.717) is 40.3 Å². The van der Waals surface area contributed by atoms with Crippen LogP contribution in [-0.4, -0.2) is 26.1 Å². The third kappa shape index (κ3) is 3.37. The van der Waals surface area contributed by atoms with Crippen molar-refractivity contribution in [3.8, 4) is 22.9 Å². The number of ether oxygens (including phenoxy) is 2. The zero-order valence-electron chi connectivity index (χ0n) is 16.9. The van der Waals surface area contributed by atoms with Gasteiger partial charge in [-0.05, 0) is 36.8 Å². The van der Waals surface area contributed by atoms with Crippen LogP contribution in [0.1, 0.15) is 25.7 Å². The average molecular weight is 420 g/mol. The topological polar surface area (TPSA) is 101 Å². The van der Waals surface area contributed by atoms with Crippen LogP contribution in [0.15, 0.2) is 56.6 Å². The lowest BCUT2D eigenvalue weighted by Crippen LogP contribution is -2.40. The van der Waals surface area contributed by atoms with E-state index in [2.05, 4.69) is 10.1 Å². The predicted molar refractivity (Wildman–Crippen MR) is 112 cm³/mol. The summed E-state index contributed by atoms with van der Waals surface area (Å²) in [5.74, 6) is 1.93. The molecule has 9 nitrogen and oxygen atoms in total. The highest BCUT2D eigenvalue weighted by Crippen LogP contribution is 2.35. The molecule has 4 aromatic rings. The van der Waals surface area contributed by atoms with E-state index in [1.807, 2.05) is 13.0 Å². The predicted octanol–water partition coefficient (Wildman–Crippen LogP) is 2.79. The second kappa shape index (κ2) is 7.75. The molecule has 2 aromatic carbocycles. The van der Waals surface area contributed by atoms with E-state index in [4.69, 9.17) is 14.0 Å². The van der Waals surface area contributed by atoms with Gasteiger partial charge in [-0.1, -0.05) is 30.6 Å². The first-order valence-electron chi connectivity index (χ1n) is 10.1. The molecule has 0 saturated heterocycles. The molecule has 5 rings (SSSR count). The number of aromatic nitrogens is 4. The van der Waals surface area contributed by atoms with Crippen molar-refractivity contribution >= 4 is 10.9 Å². The van der Waals surface area contributed by atoms with Gasteiger partial charge in [-0.3, -0.25) is 13.9 Å². The molecule has 0 unspecified atom stereocenters. The number of benzene rings is 2. The van der Waals surface area contributed by atoms with Gasteiger partial charge in [0.15, 0.2) is 11.5 Å². The molecule has 2 aromatic heterocycles. The molecule has 1 aliphatic heterocycles. The fourth-order valence-corrected chi connectivity index (χ4v) is 3.64. The summed E-state index contributed by atoms with van der Waals surface area (Å²) in [6.07, 6.45) is 1.61. The molecule has 0 spiro atoms. The van der Waals surface area contributed by atoms with Crippen molar-refractivity contribution in [1.29, 1.82) is 0 Å². The lowest BCUT2D eigenvalue weighted by atomic mass is 10.2. The zero-order chi connectivity index (χ0) is 21.4. The largest absolute Gasteiger partial charge is 0.454 e. The standard InChI is InChI=1S/C22H20N4O5/c1-2-3-10-25-21(27)15-6-4-5-7-16(15)26(22(25)28)12-19-23-20(24-31-19)14-8-9-17-18(11-14)30-13-29-17/h4-9,11H,2-3,10,12-13H2,1H3. The highest BCUT2D eigenvalue weighted by Gasteiger charge is 2.18. The molecule has 0 aliphatic carbocycles. The number of hydrogen-bond acceptors (Lipinski definition) is 7. The van der Waals surface area contributed by atoms with Gasteiger partial charge >= 0.3 is 5.69 Å². The molecule has 9 heteroatoms. The third-order valence-electron chi connectivity index (χ3n) is 5.26. The Labute approximate surface area is 176 Å². The van der Waals surface area contributed by atoms with Crippen molar-refractivity contribution in [3.63, 3.8) is 0 Å². The van der Waals surface area contributed by atoms with Crippen LogP contribution in [0.5, 0.6) is 11.5 Å². The van der Waals surface area contributed by atoms with Crippen LogP contribution in [0.25, 0.3) is 22.3 Å². The Morgan fingerprint density at radius 3 is 2.74 bits per heavy atom. The van der Waals surface area contributed by atoms with E-state index in [1.54, 1.807) is 36.4 Å². The molecule has 158 valence electrons. The highest BCUT2D eigenvalue weighted by atomic mass is 16.7. The van der Waals surface area contributed by atoms with E-state index >= 15 is 0 Å². The Morgan fingerprint density at radius 1 is 1.03 bits per heavy atom. The second-order valence-corrected chi connectivity index (χ2v) is 7.28. The van der Waals surface area contributed by atoms with Crippen LogP contribution in [0.2, 0.25) is 0 Å². The normalized spacial score (nSPS) is 12.5. The molecule has 1 aliphatic rings. The maximum atomic E-state index is 13.1. The minimum atomic E-state index is -0.389. The number of nitrogens with zero attached hydrogens (tertiary/aromatic N) is 4. The van der Waals surface area contributed by atoms with Gasteiger partial charge < -0.3 is 14.0 Å². The van der Waals surface area contributed by atoms with Gasteiger partial charge in [0.25, 0.3) is 5.56 Å². The lowest BCUT2D eigenvalue weighted by molar-refractivity contribution is 0.174. The molecule has 0 atom stereocenters. The number of hydrogen-bond donors (Lipinski definition) is 0. The summed E-state index contributed by atoms with van der Waals surface area (Å²) in [4.78, 5) is 30.4. The molecule has 0 radical (unpaired) electrons. The van der Waals surface area contributed by atoms with Crippen molar-refractivity contribution in [1.82, 2.24) is 19.3 Å². The maximum Gasteiger partial charge on any atom is 0.331 e. The Morgan fingerprint density at radius 2 is 1.87 bits per heavy atom. The summed E-state index contributed by atoms with van der Waals surface area (Å²) in [5, 5.41) is 4.52. The minimum absolute atomic E-state index is 0.0588. The summed E-state index contributed by atoms with van der Waals surface area (Å²) in [7, 11) is 0. The summed E-state index contributed by atoms with van der Waals surface area (Å²) < 4.78 is 18.9. The van der Waals surface area contributed by atoms with Crippen LogP contribution in [0.4, 0.5) is 0 Å². The monoisotopic (exact) mass is 420 g/mol. The Bertz CT molecular complexity index is 1380. The summed E-state index contributed by atoms with van der Waals surface area (Å²) in [6.45, 7) is 2.62. The minimum Gasteiger partial charge on any atom is -0.454 e. The van der Waals surface area contributed by atoms with E-state index in [9.17, 15) is 9.59 Å². The van der Waals surface area contributed by atoms with Crippen LogP contribution >= 0.6 is 0 Å². The van der Waals surface area contributed by atoms with Gasteiger partial charge in [0.05, 0.1) is 10.9 Å². The van der Waals surface area contributed by atoms with Crippen LogP contribution < -0.4 is 20.7 Å². The van der Waals surface area contributed by atoms with Gasteiger partial charge in [0.2, 0.25) is 18.5 Å². The Hall–Kier alpha value is -3.88. The van der Waals surface area contributed by atoms with Crippen LogP contribution in [0, 0.1) is 0 Å². The van der Waals surface area contributed by atoms with Crippen molar-refractivity contribution in [2.24, 2.45) is 0 Å². The number of rotatable bonds is 6. The fraction of sp³-hybridized carbons (Fsp3) is 0.273. The smallest absolute Gasteiger partial charge is 0.331 e. The zero-order valence-corrected chi connectivity index (χ0v) is 16.9. The molecular weight excluding hydrogens is 400 g/mol. The summed E-state index contributed by atoms with van der Waals surface area (Å²) >= 11 is 0. The molecule has 0 N–H and O–H groups in total. The maximum absolute atomic E-state index is 13.1. The van der Waals surface area contributed by atoms with Crippen molar-refractivity contribution in [3.05, 3.63) is 69.2 Å². The first-order chi connectivity index (χ1) is 15.2. The van der Waals surface area contributed by atoms with Gasteiger partial charge in [0.1, 0.15) is 6.54 Å². The molecule has 31 heavy (non-hydrogen) atoms. The van der Waals surface area contributed by atoms with Gasteiger partial charge in [-0.25, -0.2) is 4.79 Å². The molecular formula is C22H20N4O5. The molecule has 0 fully saturated rings. The van der Waals surface area contributed by atoms with E-state index < -0.39 is 0 Å². The highest BCUT2D eigenvalue weighted by molar-refractivity contribution is 5.77. The second-order valence-electron chi connectivity index (χ2n) is 7.28. The fourth-order valence-electron chi connectivity index (χ4n) is 3.64. The molecule has 0 saturated carbocycles. The number of fused-ring (bicyclic) bond motifs is 2. The Kier molecular flexibility index (Phi) is 4.78. The molecule has 3 heterocycles. The first-order valence-corrected chi connectivity index (χ1v) is 10.1. The number of para-hydroxylation sites is 1. The third-order valence-corrected chi connectivity index (χ3v) is 5.26. The van der Waals surface area contributed by atoms with E-state index in [-0.39, 0.29) is 30.5 Å². The SMILES string of the molecule is CCCCn1c(=O)c2ccccc2n(Cc2nc(-c3ccc4c(c3)OCO4)no2)c1=O. The van der Waals surface area contributed by atoms with Crippen molar-refractivity contribution in [2.75, 3.05) is 6.79 Å². The van der Waals surface area contributed by atoms with Gasteiger partial charge in [0, 0.05) is 12.1 Å².